The number of rotatable bonds is 6. The molecule has 0 spiro atoms. The van der Waals surface area contributed by atoms with Gasteiger partial charge in [0.05, 0.1) is 11.3 Å². The molecule has 0 aromatic heterocycles. The van der Waals surface area contributed by atoms with Crippen LogP contribution in [0, 0.1) is 5.82 Å². The summed E-state index contributed by atoms with van der Waals surface area (Å²) >= 11 is 0. The predicted octanol–water partition coefficient (Wildman–Crippen LogP) is 2.69. The zero-order chi connectivity index (χ0) is 17.7. The van der Waals surface area contributed by atoms with Gasteiger partial charge in [0.15, 0.2) is 0 Å². The fourth-order valence-corrected chi connectivity index (χ4v) is 3.34. The summed E-state index contributed by atoms with van der Waals surface area (Å²) in [6, 6.07) is 11.4. The van der Waals surface area contributed by atoms with Crippen molar-refractivity contribution in [1.82, 2.24) is 4.72 Å². The van der Waals surface area contributed by atoms with Crippen LogP contribution in [0.3, 0.4) is 0 Å². The Hall–Kier alpha value is -2.25. The molecular weight excluding hydrogens is 331 g/mol. The molecule has 0 bridgehead atoms. The topological polar surface area (TPSA) is 75.3 Å². The van der Waals surface area contributed by atoms with Gasteiger partial charge in [-0.1, -0.05) is 12.1 Å². The Morgan fingerprint density at radius 1 is 1.04 bits per heavy atom. The van der Waals surface area contributed by atoms with Crippen molar-refractivity contribution in [3.05, 3.63) is 59.9 Å². The van der Waals surface area contributed by atoms with Crippen molar-refractivity contribution in [1.29, 1.82) is 0 Å². The summed E-state index contributed by atoms with van der Waals surface area (Å²) < 4.78 is 39.3. The van der Waals surface area contributed by atoms with E-state index in [1.165, 1.54) is 36.4 Å². The Kier molecular flexibility index (Phi) is 5.69. The number of sulfonamides is 1. The van der Waals surface area contributed by atoms with Gasteiger partial charge in [-0.2, -0.15) is 0 Å². The standard InChI is InChI=1S/C17H19FN2O3S/c1-12(2)20-24(22,23)16-9-7-15(8-10-16)19-17(21)11-13-3-5-14(18)6-4-13/h3-10,12,20H,11H2,1-2H3,(H,19,21). The lowest BCUT2D eigenvalue weighted by atomic mass is 10.1. The number of hydrogen-bond donors (Lipinski definition) is 2. The Labute approximate surface area is 141 Å². The minimum atomic E-state index is -3.56. The van der Waals surface area contributed by atoms with Crippen LogP contribution in [0.15, 0.2) is 53.4 Å². The highest BCUT2D eigenvalue weighted by Gasteiger charge is 2.15. The minimum Gasteiger partial charge on any atom is -0.326 e. The molecule has 0 heterocycles. The first-order valence-corrected chi connectivity index (χ1v) is 8.91. The van der Waals surface area contributed by atoms with Gasteiger partial charge in [0, 0.05) is 11.7 Å². The van der Waals surface area contributed by atoms with Crippen LogP contribution >= 0.6 is 0 Å². The summed E-state index contributed by atoms with van der Waals surface area (Å²) in [5.41, 5.74) is 1.18. The molecule has 2 rings (SSSR count). The fourth-order valence-electron chi connectivity index (χ4n) is 2.09. The largest absolute Gasteiger partial charge is 0.326 e. The van der Waals surface area contributed by atoms with Crippen molar-refractivity contribution in [2.45, 2.75) is 31.2 Å². The molecule has 5 nitrogen and oxygen atoms in total. The molecule has 24 heavy (non-hydrogen) atoms. The molecule has 0 aliphatic carbocycles. The Morgan fingerprint density at radius 3 is 2.17 bits per heavy atom. The first-order valence-electron chi connectivity index (χ1n) is 7.43. The monoisotopic (exact) mass is 350 g/mol. The molecular formula is C17H19FN2O3S. The van der Waals surface area contributed by atoms with Gasteiger partial charge in [0.1, 0.15) is 5.82 Å². The number of halogens is 1. The van der Waals surface area contributed by atoms with Gasteiger partial charge >= 0.3 is 0 Å². The molecule has 128 valence electrons. The van der Waals surface area contributed by atoms with Crippen LogP contribution in [0.2, 0.25) is 0 Å². The number of anilines is 1. The Balaban J connectivity index is 2.01. The molecule has 0 unspecified atom stereocenters. The lowest BCUT2D eigenvalue weighted by molar-refractivity contribution is -0.115. The zero-order valence-electron chi connectivity index (χ0n) is 13.4. The molecule has 1 amide bonds. The lowest BCUT2D eigenvalue weighted by Crippen LogP contribution is -2.30. The molecule has 2 N–H and O–H groups in total. The summed E-state index contributed by atoms with van der Waals surface area (Å²) in [6.45, 7) is 3.48. The first kappa shape index (κ1) is 18.1. The molecule has 0 aliphatic heterocycles. The third-order valence-corrected chi connectivity index (χ3v) is 4.79. The van der Waals surface area contributed by atoms with Crippen LogP contribution < -0.4 is 10.0 Å². The van der Waals surface area contributed by atoms with E-state index < -0.39 is 10.0 Å². The number of carbonyl (C=O) groups excluding carboxylic acids is 1. The molecule has 0 saturated heterocycles. The van der Waals surface area contributed by atoms with Crippen molar-refractivity contribution >= 4 is 21.6 Å². The van der Waals surface area contributed by atoms with Gasteiger partial charge in [-0.05, 0) is 55.8 Å². The third-order valence-electron chi connectivity index (χ3n) is 3.12. The van der Waals surface area contributed by atoms with Crippen LogP contribution in [0.5, 0.6) is 0 Å². The van der Waals surface area contributed by atoms with E-state index in [0.717, 1.165) is 0 Å². The molecule has 0 saturated carbocycles. The average Bonchev–Trinajstić information content (AvgIpc) is 2.49. The minimum absolute atomic E-state index is 0.106. The van der Waals surface area contributed by atoms with Gasteiger partial charge in [0.2, 0.25) is 15.9 Å². The summed E-state index contributed by atoms with van der Waals surface area (Å²) in [6.07, 6.45) is 0.106. The van der Waals surface area contributed by atoms with E-state index in [1.807, 2.05) is 0 Å². The van der Waals surface area contributed by atoms with Crippen molar-refractivity contribution in [3.63, 3.8) is 0 Å². The van der Waals surface area contributed by atoms with Crippen LogP contribution in [0.25, 0.3) is 0 Å². The van der Waals surface area contributed by atoms with Gasteiger partial charge in [-0.25, -0.2) is 17.5 Å². The second-order valence-electron chi connectivity index (χ2n) is 5.65. The summed E-state index contributed by atoms with van der Waals surface area (Å²) in [7, 11) is -3.56. The molecule has 0 aliphatic rings. The summed E-state index contributed by atoms with van der Waals surface area (Å²) in [5.74, 6) is -0.622. The summed E-state index contributed by atoms with van der Waals surface area (Å²) in [5, 5.41) is 2.68. The smallest absolute Gasteiger partial charge is 0.240 e. The maximum absolute atomic E-state index is 12.8. The van der Waals surface area contributed by atoms with Crippen molar-refractivity contribution in [3.8, 4) is 0 Å². The van der Waals surface area contributed by atoms with E-state index in [2.05, 4.69) is 10.0 Å². The van der Waals surface area contributed by atoms with Gasteiger partial charge in [-0.3, -0.25) is 4.79 Å². The maximum atomic E-state index is 12.8. The van der Waals surface area contributed by atoms with Gasteiger partial charge < -0.3 is 5.32 Å². The van der Waals surface area contributed by atoms with Crippen molar-refractivity contribution < 1.29 is 17.6 Å². The number of benzene rings is 2. The molecule has 2 aromatic carbocycles. The molecule has 2 aromatic rings. The molecule has 0 radical (unpaired) electrons. The van der Waals surface area contributed by atoms with E-state index in [1.54, 1.807) is 26.0 Å². The number of hydrogen-bond acceptors (Lipinski definition) is 3. The van der Waals surface area contributed by atoms with Crippen LogP contribution in [-0.4, -0.2) is 20.4 Å². The SMILES string of the molecule is CC(C)NS(=O)(=O)c1ccc(NC(=O)Cc2ccc(F)cc2)cc1. The normalized spacial score (nSPS) is 11.5. The maximum Gasteiger partial charge on any atom is 0.240 e. The van der Waals surface area contributed by atoms with E-state index in [-0.39, 0.29) is 29.1 Å². The van der Waals surface area contributed by atoms with Crippen molar-refractivity contribution in [2.75, 3.05) is 5.32 Å². The van der Waals surface area contributed by atoms with E-state index in [4.69, 9.17) is 0 Å². The highest BCUT2D eigenvalue weighted by atomic mass is 32.2. The number of amides is 1. The zero-order valence-corrected chi connectivity index (χ0v) is 14.2. The molecule has 0 fully saturated rings. The highest BCUT2D eigenvalue weighted by molar-refractivity contribution is 7.89. The van der Waals surface area contributed by atoms with Crippen LogP contribution in [-0.2, 0) is 21.2 Å². The Morgan fingerprint density at radius 2 is 1.62 bits per heavy atom. The fraction of sp³-hybridized carbons (Fsp3) is 0.235. The average molecular weight is 350 g/mol. The predicted molar refractivity (Wildman–Crippen MR) is 90.6 cm³/mol. The quantitative estimate of drug-likeness (QED) is 0.841. The third kappa shape index (κ3) is 5.14. The van der Waals surface area contributed by atoms with Crippen LogP contribution in [0.4, 0.5) is 10.1 Å². The van der Waals surface area contributed by atoms with Crippen LogP contribution in [0.1, 0.15) is 19.4 Å². The Bertz CT molecular complexity index is 801. The van der Waals surface area contributed by atoms with E-state index in [9.17, 15) is 17.6 Å². The molecule has 0 atom stereocenters. The number of carbonyl (C=O) groups is 1. The summed E-state index contributed by atoms with van der Waals surface area (Å²) in [4.78, 5) is 12.1. The number of nitrogens with one attached hydrogen (secondary N) is 2. The van der Waals surface area contributed by atoms with E-state index in [0.29, 0.717) is 11.3 Å². The van der Waals surface area contributed by atoms with Gasteiger partial charge in [0.25, 0.3) is 0 Å². The van der Waals surface area contributed by atoms with Gasteiger partial charge in [-0.15, -0.1) is 0 Å². The first-order chi connectivity index (χ1) is 11.3. The second kappa shape index (κ2) is 7.55. The van der Waals surface area contributed by atoms with E-state index >= 15 is 0 Å². The second-order valence-corrected chi connectivity index (χ2v) is 7.37. The van der Waals surface area contributed by atoms with Crippen molar-refractivity contribution in [2.24, 2.45) is 0 Å². The highest BCUT2D eigenvalue weighted by Crippen LogP contribution is 2.15. The lowest BCUT2D eigenvalue weighted by Gasteiger charge is -2.10. The molecule has 7 heteroatoms.